The highest BCUT2D eigenvalue weighted by Crippen LogP contribution is 2.28. The Hall–Kier alpha value is -2.24. The molecule has 0 saturated carbocycles. The van der Waals surface area contributed by atoms with Gasteiger partial charge < -0.3 is 4.57 Å². The van der Waals surface area contributed by atoms with E-state index in [4.69, 9.17) is 0 Å². The number of anilines is 1. The van der Waals surface area contributed by atoms with Crippen molar-refractivity contribution in [3.63, 3.8) is 0 Å². The molecule has 29 heavy (non-hydrogen) atoms. The molecule has 3 aromatic heterocycles. The Bertz CT molecular complexity index is 1160. The summed E-state index contributed by atoms with van der Waals surface area (Å²) >= 11 is 4.23. The molecule has 11 heteroatoms. The highest BCUT2D eigenvalue weighted by Gasteiger charge is 2.15. The lowest BCUT2D eigenvalue weighted by Gasteiger charge is -2.04. The summed E-state index contributed by atoms with van der Waals surface area (Å²) in [5, 5.41) is 21.4. The van der Waals surface area contributed by atoms with Crippen molar-refractivity contribution in [3.8, 4) is 0 Å². The second-order valence-corrected chi connectivity index (χ2v) is 9.51. The molecule has 0 fully saturated rings. The number of aromatic nitrogens is 6. The number of para-hydroxylation sites is 1. The maximum Gasteiger partial charge on any atom is 0.236 e. The van der Waals surface area contributed by atoms with Gasteiger partial charge in [-0.1, -0.05) is 66.9 Å². The lowest BCUT2D eigenvalue weighted by Crippen LogP contribution is -2.14. The number of thioether (sulfide) groups is 2. The summed E-state index contributed by atoms with van der Waals surface area (Å²) in [6.45, 7) is 5.03. The van der Waals surface area contributed by atoms with Gasteiger partial charge in [0.25, 0.3) is 0 Å². The van der Waals surface area contributed by atoms with Gasteiger partial charge in [-0.2, -0.15) is 0 Å². The van der Waals surface area contributed by atoms with Crippen LogP contribution >= 0.6 is 34.9 Å². The van der Waals surface area contributed by atoms with Crippen molar-refractivity contribution >= 4 is 68.0 Å². The van der Waals surface area contributed by atoms with Crippen molar-refractivity contribution in [2.24, 2.45) is 0 Å². The van der Waals surface area contributed by atoms with Crippen LogP contribution in [0.1, 0.15) is 20.3 Å². The fourth-order valence-corrected chi connectivity index (χ4v) is 5.17. The van der Waals surface area contributed by atoms with E-state index in [-0.39, 0.29) is 11.7 Å². The molecule has 1 N–H and O–H groups in total. The van der Waals surface area contributed by atoms with Crippen molar-refractivity contribution in [1.29, 1.82) is 0 Å². The summed E-state index contributed by atoms with van der Waals surface area (Å²) in [5.41, 5.74) is 2.69. The summed E-state index contributed by atoms with van der Waals surface area (Å²) in [7, 11) is 0. The van der Waals surface area contributed by atoms with Gasteiger partial charge in [0, 0.05) is 11.9 Å². The number of hydrogen-bond acceptors (Lipinski definition) is 9. The first-order chi connectivity index (χ1) is 14.2. The molecule has 8 nitrogen and oxygen atoms in total. The van der Waals surface area contributed by atoms with Crippen molar-refractivity contribution in [3.05, 3.63) is 24.3 Å². The van der Waals surface area contributed by atoms with Gasteiger partial charge in [-0.05, 0) is 18.2 Å². The number of nitrogens with zero attached hydrogens (tertiary/aromatic N) is 6. The van der Waals surface area contributed by atoms with E-state index in [9.17, 15) is 4.79 Å². The van der Waals surface area contributed by atoms with E-state index in [2.05, 4.69) is 48.3 Å². The number of carbonyl (C=O) groups is 1. The largest absolute Gasteiger partial charge is 0.324 e. The number of rotatable bonds is 8. The molecule has 0 unspecified atom stereocenters. The van der Waals surface area contributed by atoms with E-state index < -0.39 is 0 Å². The average Bonchev–Trinajstić information content (AvgIpc) is 3.29. The van der Waals surface area contributed by atoms with Gasteiger partial charge in [0.05, 0.1) is 11.3 Å². The predicted molar refractivity (Wildman–Crippen MR) is 119 cm³/mol. The molecular formula is C18H19N7OS3. The molecule has 0 radical (unpaired) electrons. The molecule has 4 aromatic rings. The van der Waals surface area contributed by atoms with E-state index in [0.29, 0.717) is 10.3 Å². The Kier molecular flexibility index (Phi) is 6.26. The van der Waals surface area contributed by atoms with E-state index in [1.165, 1.54) is 23.1 Å². The zero-order valence-electron chi connectivity index (χ0n) is 16.0. The van der Waals surface area contributed by atoms with Crippen LogP contribution in [0.2, 0.25) is 0 Å². The van der Waals surface area contributed by atoms with Crippen LogP contribution in [0.5, 0.6) is 0 Å². The molecule has 3 heterocycles. The smallest absolute Gasteiger partial charge is 0.236 e. The Morgan fingerprint density at radius 3 is 2.83 bits per heavy atom. The average molecular weight is 446 g/mol. The second-order valence-electron chi connectivity index (χ2n) is 6.08. The number of hydrogen-bond donors (Lipinski definition) is 1. The zero-order valence-corrected chi connectivity index (χ0v) is 18.4. The van der Waals surface area contributed by atoms with Crippen molar-refractivity contribution in [2.45, 2.75) is 36.3 Å². The molecule has 4 rings (SSSR count). The van der Waals surface area contributed by atoms with Crippen LogP contribution in [-0.2, 0) is 11.3 Å². The Labute approximate surface area is 179 Å². The van der Waals surface area contributed by atoms with Crippen LogP contribution < -0.4 is 5.32 Å². The molecule has 1 amide bonds. The lowest BCUT2D eigenvalue weighted by molar-refractivity contribution is -0.113. The maximum absolute atomic E-state index is 12.2. The lowest BCUT2D eigenvalue weighted by atomic mass is 10.2. The second kappa shape index (κ2) is 9.06. The third-order valence-electron chi connectivity index (χ3n) is 4.05. The number of fused-ring (bicyclic) bond motifs is 3. The van der Waals surface area contributed by atoms with Crippen LogP contribution in [-0.4, -0.2) is 47.4 Å². The SMILES string of the molecule is CCCn1c2ccccc2c2nnc(SCC(=O)Nc3nnc(SCC)s3)nc21. The van der Waals surface area contributed by atoms with Crippen LogP contribution in [0.3, 0.4) is 0 Å². The fraction of sp³-hybridized carbons (Fsp3) is 0.333. The molecule has 0 saturated heterocycles. The van der Waals surface area contributed by atoms with Gasteiger partial charge in [-0.15, -0.1) is 20.4 Å². The molecule has 0 atom stereocenters. The van der Waals surface area contributed by atoms with Crippen molar-refractivity contribution < 1.29 is 4.79 Å². The van der Waals surface area contributed by atoms with E-state index in [1.807, 2.05) is 25.1 Å². The quantitative estimate of drug-likeness (QED) is 0.320. The van der Waals surface area contributed by atoms with E-state index in [1.54, 1.807) is 11.8 Å². The summed E-state index contributed by atoms with van der Waals surface area (Å²) < 4.78 is 3.01. The number of aryl methyl sites for hydroxylation is 1. The summed E-state index contributed by atoms with van der Waals surface area (Å²) in [5.74, 6) is 0.925. The van der Waals surface area contributed by atoms with Gasteiger partial charge >= 0.3 is 0 Å². The first kappa shape index (κ1) is 20.0. The van der Waals surface area contributed by atoms with Gasteiger partial charge in [-0.25, -0.2) is 4.98 Å². The minimum Gasteiger partial charge on any atom is -0.324 e. The summed E-state index contributed by atoms with van der Waals surface area (Å²) in [6, 6.07) is 8.11. The van der Waals surface area contributed by atoms with Gasteiger partial charge in [0.2, 0.25) is 16.2 Å². The van der Waals surface area contributed by atoms with Gasteiger partial charge in [0.15, 0.2) is 9.99 Å². The molecule has 0 aliphatic heterocycles. The molecule has 0 bridgehead atoms. The molecule has 1 aromatic carbocycles. The third kappa shape index (κ3) is 4.36. The Morgan fingerprint density at radius 1 is 1.14 bits per heavy atom. The highest BCUT2D eigenvalue weighted by molar-refractivity contribution is 8.01. The minimum absolute atomic E-state index is 0.169. The zero-order chi connectivity index (χ0) is 20.2. The predicted octanol–water partition coefficient (Wildman–Crippen LogP) is 4.08. The van der Waals surface area contributed by atoms with Crippen molar-refractivity contribution in [1.82, 2.24) is 29.9 Å². The maximum atomic E-state index is 12.2. The van der Waals surface area contributed by atoms with Gasteiger partial charge in [-0.3, -0.25) is 10.1 Å². The number of carbonyl (C=O) groups excluding carboxylic acids is 1. The third-order valence-corrected chi connectivity index (χ3v) is 6.75. The van der Waals surface area contributed by atoms with Crippen LogP contribution in [0.15, 0.2) is 33.8 Å². The molecule has 0 aliphatic rings. The summed E-state index contributed by atoms with van der Waals surface area (Å²) in [4.78, 5) is 16.9. The molecule has 0 aliphatic carbocycles. The van der Waals surface area contributed by atoms with Gasteiger partial charge in [0.1, 0.15) is 5.52 Å². The van der Waals surface area contributed by atoms with Crippen LogP contribution in [0, 0.1) is 0 Å². The first-order valence-electron chi connectivity index (χ1n) is 9.20. The molecule has 0 spiro atoms. The highest BCUT2D eigenvalue weighted by atomic mass is 32.2. The normalized spacial score (nSPS) is 11.4. The summed E-state index contributed by atoms with van der Waals surface area (Å²) in [6.07, 6.45) is 0.989. The fourth-order valence-electron chi connectivity index (χ4n) is 2.93. The minimum atomic E-state index is -0.169. The standard InChI is InChI=1S/C18H19N7OS3/c1-3-9-25-12-8-6-5-7-11(12)14-15(25)20-16(22-21-14)28-10-13(26)19-17-23-24-18(29-17)27-4-2/h5-8H,3-4,9-10H2,1-2H3,(H,19,23,26). The Morgan fingerprint density at radius 2 is 2.00 bits per heavy atom. The van der Waals surface area contributed by atoms with Crippen LogP contribution in [0.25, 0.3) is 22.1 Å². The number of benzene rings is 1. The topological polar surface area (TPSA) is 98.5 Å². The van der Waals surface area contributed by atoms with E-state index in [0.717, 1.165) is 45.1 Å². The Balaban J connectivity index is 1.50. The number of amides is 1. The van der Waals surface area contributed by atoms with Crippen LogP contribution in [0.4, 0.5) is 5.13 Å². The molecule has 150 valence electrons. The van der Waals surface area contributed by atoms with E-state index >= 15 is 0 Å². The van der Waals surface area contributed by atoms with Crippen molar-refractivity contribution in [2.75, 3.05) is 16.8 Å². The monoisotopic (exact) mass is 445 g/mol. The molecular weight excluding hydrogens is 426 g/mol. The first-order valence-corrected chi connectivity index (χ1v) is 12.0. The number of nitrogens with one attached hydrogen (secondary N) is 1.